The van der Waals surface area contributed by atoms with Gasteiger partial charge in [0.25, 0.3) is 0 Å². The normalized spacial score (nSPS) is 21.3. The highest BCUT2D eigenvalue weighted by molar-refractivity contribution is 6.36. The van der Waals surface area contributed by atoms with Gasteiger partial charge in [-0.2, -0.15) is 0 Å². The van der Waals surface area contributed by atoms with Crippen molar-refractivity contribution in [3.05, 3.63) is 39.8 Å². The van der Waals surface area contributed by atoms with Crippen molar-refractivity contribution >= 4 is 28.5 Å². The molecule has 3 rings (SSSR count). The van der Waals surface area contributed by atoms with E-state index in [9.17, 15) is 14.3 Å². The zero-order valence-electron chi connectivity index (χ0n) is 11.8. The van der Waals surface area contributed by atoms with Crippen molar-refractivity contribution in [3.63, 3.8) is 0 Å². The molecular formula is C16H15ClFNO2. The van der Waals surface area contributed by atoms with Crippen LogP contribution in [0.4, 0.5) is 4.39 Å². The number of rotatable bonds is 1. The van der Waals surface area contributed by atoms with Crippen LogP contribution in [-0.2, 0) is 0 Å². The largest absolute Gasteiger partial charge is 0.478 e. The van der Waals surface area contributed by atoms with Crippen molar-refractivity contribution in [1.82, 2.24) is 4.98 Å². The number of aromatic carboxylic acids is 1. The molecule has 2 aromatic rings. The van der Waals surface area contributed by atoms with Crippen LogP contribution >= 0.6 is 11.6 Å². The van der Waals surface area contributed by atoms with Crippen molar-refractivity contribution in [2.45, 2.75) is 38.5 Å². The van der Waals surface area contributed by atoms with E-state index in [-0.39, 0.29) is 33.3 Å². The number of pyridine rings is 1. The van der Waals surface area contributed by atoms with Gasteiger partial charge >= 0.3 is 5.97 Å². The summed E-state index contributed by atoms with van der Waals surface area (Å²) in [5, 5.41) is 10.1. The van der Waals surface area contributed by atoms with Crippen molar-refractivity contribution < 1.29 is 14.3 Å². The predicted octanol–water partition coefficient (Wildman–Crippen LogP) is 4.73. The van der Waals surface area contributed by atoms with Crippen LogP contribution in [0.25, 0.3) is 10.9 Å². The summed E-state index contributed by atoms with van der Waals surface area (Å²) in [6.45, 7) is 3.98. The lowest BCUT2D eigenvalue weighted by atomic mass is 9.78. The molecule has 0 fully saturated rings. The van der Waals surface area contributed by atoms with Gasteiger partial charge in [0.05, 0.1) is 10.6 Å². The summed E-state index contributed by atoms with van der Waals surface area (Å²) < 4.78 is 14.1. The van der Waals surface area contributed by atoms with Crippen LogP contribution in [0.1, 0.15) is 60.1 Å². The maximum absolute atomic E-state index is 14.1. The molecule has 110 valence electrons. The molecule has 0 spiro atoms. The van der Waals surface area contributed by atoms with E-state index < -0.39 is 11.8 Å². The summed E-state index contributed by atoms with van der Waals surface area (Å²) in [5.41, 5.74) is 1.57. The second kappa shape index (κ2) is 4.95. The lowest BCUT2D eigenvalue weighted by Gasteiger charge is -2.29. The third kappa shape index (κ3) is 2.09. The van der Waals surface area contributed by atoms with Gasteiger partial charge in [0.15, 0.2) is 0 Å². The minimum absolute atomic E-state index is 0.0552. The summed E-state index contributed by atoms with van der Waals surface area (Å²) in [7, 11) is 0. The molecule has 3 nitrogen and oxygen atoms in total. The Balaban J connectivity index is 2.53. The maximum Gasteiger partial charge on any atom is 0.336 e. The molecule has 21 heavy (non-hydrogen) atoms. The van der Waals surface area contributed by atoms with Gasteiger partial charge < -0.3 is 5.11 Å². The number of halogens is 2. The minimum Gasteiger partial charge on any atom is -0.478 e. The van der Waals surface area contributed by atoms with Crippen molar-refractivity contribution in [1.29, 1.82) is 0 Å². The van der Waals surface area contributed by atoms with E-state index in [1.54, 1.807) is 0 Å². The summed E-state index contributed by atoms with van der Waals surface area (Å²) in [4.78, 5) is 16.2. The van der Waals surface area contributed by atoms with Crippen LogP contribution in [-0.4, -0.2) is 16.1 Å². The maximum atomic E-state index is 14.1. The molecule has 0 aliphatic heterocycles. The van der Waals surface area contributed by atoms with Gasteiger partial charge in [-0.15, -0.1) is 0 Å². The fourth-order valence-corrected chi connectivity index (χ4v) is 3.46. The number of nitrogens with zero attached hydrogens (tertiary/aromatic N) is 1. The van der Waals surface area contributed by atoms with Crippen LogP contribution in [0.5, 0.6) is 0 Å². The molecule has 1 aromatic heterocycles. The minimum atomic E-state index is -1.08. The highest BCUT2D eigenvalue weighted by atomic mass is 35.5. The molecule has 1 aliphatic rings. The van der Waals surface area contributed by atoms with Crippen LogP contribution in [0.15, 0.2) is 12.1 Å². The molecule has 0 bridgehead atoms. The second-order valence-electron chi connectivity index (χ2n) is 5.72. The zero-order chi connectivity index (χ0) is 15.3. The lowest BCUT2D eigenvalue weighted by Crippen LogP contribution is -2.18. The Morgan fingerprint density at radius 1 is 1.33 bits per heavy atom. The number of carbonyl (C=O) groups is 1. The first-order chi connectivity index (χ1) is 9.91. The molecule has 0 saturated heterocycles. The molecule has 2 atom stereocenters. The molecule has 1 aromatic carbocycles. The zero-order valence-corrected chi connectivity index (χ0v) is 12.5. The number of hydrogen-bond donors (Lipinski definition) is 1. The Labute approximate surface area is 126 Å². The smallest absolute Gasteiger partial charge is 0.336 e. The molecule has 2 unspecified atom stereocenters. The first kappa shape index (κ1) is 14.3. The fraction of sp³-hybridized carbons (Fsp3) is 0.375. The third-order valence-electron chi connectivity index (χ3n) is 4.31. The summed E-state index contributed by atoms with van der Waals surface area (Å²) in [6, 6.07) is 2.61. The van der Waals surface area contributed by atoms with Crippen molar-refractivity contribution in [2.24, 2.45) is 0 Å². The molecule has 0 radical (unpaired) electrons. The second-order valence-corrected chi connectivity index (χ2v) is 6.13. The summed E-state index contributed by atoms with van der Waals surface area (Å²) in [5.74, 6) is -1.41. The molecular weight excluding hydrogens is 293 g/mol. The molecule has 0 amide bonds. The van der Waals surface area contributed by atoms with E-state index in [0.29, 0.717) is 11.3 Å². The van der Waals surface area contributed by atoms with E-state index in [4.69, 9.17) is 11.6 Å². The average Bonchev–Trinajstić information content (AvgIpc) is 2.45. The Morgan fingerprint density at radius 3 is 2.67 bits per heavy atom. The predicted molar refractivity (Wildman–Crippen MR) is 79.7 cm³/mol. The molecule has 5 heteroatoms. The molecule has 1 heterocycles. The number of carboxylic acid groups (broad SMARTS) is 1. The Hall–Kier alpha value is -1.68. The van der Waals surface area contributed by atoms with Gasteiger partial charge in [0, 0.05) is 11.1 Å². The van der Waals surface area contributed by atoms with Crippen LogP contribution in [0.2, 0.25) is 5.02 Å². The monoisotopic (exact) mass is 307 g/mol. The quantitative estimate of drug-likeness (QED) is 0.829. The Kier molecular flexibility index (Phi) is 3.36. The van der Waals surface area contributed by atoms with Gasteiger partial charge in [-0.3, -0.25) is 0 Å². The first-order valence-electron chi connectivity index (χ1n) is 6.96. The number of benzene rings is 1. The Bertz CT molecular complexity index is 760. The summed E-state index contributed by atoms with van der Waals surface area (Å²) >= 11 is 6.13. The first-order valence-corrected chi connectivity index (χ1v) is 7.34. The van der Waals surface area contributed by atoms with E-state index in [1.807, 2.05) is 13.8 Å². The van der Waals surface area contributed by atoms with Gasteiger partial charge in [0.1, 0.15) is 11.3 Å². The van der Waals surface area contributed by atoms with Gasteiger partial charge in [-0.25, -0.2) is 14.2 Å². The van der Waals surface area contributed by atoms with E-state index in [0.717, 1.165) is 12.8 Å². The number of hydrogen-bond acceptors (Lipinski definition) is 2. The number of carboxylic acids is 1. The SMILES string of the molecule is CC1CCC(C)c2c1nc1c(F)ccc(Cl)c1c2C(=O)O. The molecule has 1 N–H and O–H groups in total. The standard InChI is InChI=1S/C16H15ClFNO2/c1-7-3-4-8(2)14-11(7)13(16(20)21)12-9(17)5-6-10(18)15(12)19-14/h5-8H,3-4H2,1-2H3,(H,20,21). The highest BCUT2D eigenvalue weighted by Gasteiger charge is 2.31. The molecule has 0 saturated carbocycles. The number of fused-ring (bicyclic) bond motifs is 2. The highest BCUT2D eigenvalue weighted by Crippen LogP contribution is 2.43. The van der Waals surface area contributed by atoms with E-state index in [1.165, 1.54) is 12.1 Å². The fourth-order valence-electron chi connectivity index (χ4n) is 3.21. The van der Waals surface area contributed by atoms with Gasteiger partial charge in [0.2, 0.25) is 0 Å². The van der Waals surface area contributed by atoms with Crippen LogP contribution < -0.4 is 0 Å². The molecule has 1 aliphatic carbocycles. The number of aromatic nitrogens is 1. The van der Waals surface area contributed by atoms with Crippen LogP contribution in [0, 0.1) is 5.82 Å². The average molecular weight is 308 g/mol. The van der Waals surface area contributed by atoms with Crippen LogP contribution in [0.3, 0.4) is 0 Å². The topological polar surface area (TPSA) is 50.2 Å². The third-order valence-corrected chi connectivity index (χ3v) is 4.63. The van der Waals surface area contributed by atoms with E-state index >= 15 is 0 Å². The lowest BCUT2D eigenvalue weighted by molar-refractivity contribution is 0.0696. The summed E-state index contributed by atoms with van der Waals surface area (Å²) in [6.07, 6.45) is 1.82. The van der Waals surface area contributed by atoms with Crippen molar-refractivity contribution in [3.8, 4) is 0 Å². The van der Waals surface area contributed by atoms with Gasteiger partial charge in [-0.1, -0.05) is 25.4 Å². The Morgan fingerprint density at radius 2 is 2.00 bits per heavy atom. The van der Waals surface area contributed by atoms with Gasteiger partial charge in [-0.05, 0) is 42.4 Å². The van der Waals surface area contributed by atoms with Crippen molar-refractivity contribution in [2.75, 3.05) is 0 Å². The van der Waals surface area contributed by atoms with E-state index in [2.05, 4.69) is 4.98 Å².